The third-order valence-corrected chi connectivity index (χ3v) is 3.22. The summed E-state index contributed by atoms with van der Waals surface area (Å²) in [6, 6.07) is 0.568. The van der Waals surface area contributed by atoms with Crippen molar-refractivity contribution in [2.75, 3.05) is 6.54 Å². The second-order valence-corrected chi connectivity index (χ2v) is 4.72. The van der Waals surface area contributed by atoms with Crippen LogP contribution in [0, 0.1) is 0 Å². The van der Waals surface area contributed by atoms with Gasteiger partial charge in [0.1, 0.15) is 0 Å². The van der Waals surface area contributed by atoms with Crippen molar-refractivity contribution in [2.45, 2.75) is 70.4 Å². The van der Waals surface area contributed by atoms with Gasteiger partial charge in [-0.3, -0.25) is 0 Å². The smallest absolute Gasteiger partial charge is 0.0662 e. The molecule has 0 radical (unpaired) electrons. The molecule has 2 heteroatoms. The Labute approximate surface area is 88.1 Å². The largest absolute Gasteiger partial charge is 0.390 e. The van der Waals surface area contributed by atoms with Gasteiger partial charge >= 0.3 is 0 Å². The van der Waals surface area contributed by atoms with Crippen LogP contribution >= 0.6 is 0 Å². The predicted molar refractivity (Wildman–Crippen MR) is 60.4 cm³/mol. The van der Waals surface area contributed by atoms with Crippen LogP contribution in [0.5, 0.6) is 0 Å². The molecule has 1 heterocycles. The van der Waals surface area contributed by atoms with Gasteiger partial charge in [-0.05, 0) is 38.6 Å². The van der Waals surface area contributed by atoms with Gasteiger partial charge in [0.25, 0.3) is 0 Å². The standard InChI is InChI=1S/C12H25NO/c1-3-7-12(14,8-4-2)10-11-6-5-9-13-11/h11,13-14H,3-10H2,1-2H3. The molecule has 0 aromatic rings. The van der Waals surface area contributed by atoms with Crippen LogP contribution in [0.4, 0.5) is 0 Å². The van der Waals surface area contributed by atoms with E-state index in [-0.39, 0.29) is 0 Å². The maximum absolute atomic E-state index is 10.4. The van der Waals surface area contributed by atoms with E-state index in [1.807, 2.05) is 0 Å². The van der Waals surface area contributed by atoms with Crippen LogP contribution in [-0.4, -0.2) is 23.3 Å². The third-order valence-electron chi connectivity index (χ3n) is 3.22. The number of nitrogens with one attached hydrogen (secondary N) is 1. The van der Waals surface area contributed by atoms with Crippen LogP contribution in [-0.2, 0) is 0 Å². The lowest BCUT2D eigenvalue weighted by Gasteiger charge is -2.30. The van der Waals surface area contributed by atoms with E-state index in [0.29, 0.717) is 6.04 Å². The topological polar surface area (TPSA) is 32.3 Å². The Morgan fingerprint density at radius 3 is 2.36 bits per heavy atom. The molecule has 1 unspecified atom stereocenters. The van der Waals surface area contributed by atoms with Gasteiger partial charge in [-0.1, -0.05) is 26.7 Å². The molecule has 0 saturated carbocycles. The van der Waals surface area contributed by atoms with Crippen LogP contribution in [0.1, 0.15) is 58.8 Å². The molecule has 1 fully saturated rings. The Balaban J connectivity index is 2.39. The highest BCUT2D eigenvalue weighted by atomic mass is 16.3. The average Bonchev–Trinajstić information content (AvgIpc) is 2.57. The predicted octanol–water partition coefficient (Wildman–Crippen LogP) is 2.46. The number of hydrogen-bond acceptors (Lipinski definition) is 2. The van der Waals surface area contributed by atoms with Gasteiger partial charge in [0, 0.05) is 6.04 Å². The monoisotopic (exact) mass is 199 g/mol. The van der Waals surface area contributed by atoms with Gasteiger partial charge in [-0.2, -0.15) is 0 Å². The van der Waals surface area contributed by atoms with Gasteiger partial charge in [0.2, 0.25) is 0 Å². The molecule has 0 aromatic heterocycles. The SMILES string of the molecule is CCCC(O)(CCC)CC1CCCN1. The van der Waals surface area contributed by atoms with Gasteiger partial charge in [0.15, 0.2) is 0 Å². The summed E-state index contributed by atoms with van der Waals surface area (Å²) < 4.78 is 0. The first-order chi connectivity index (χ1) is 6.70. The molecule has 0 amide bonds. The van der Waals surface area contributed by atoms with Crippen LogP contribution in [0.25, 0.3) is 0 Å². The first kappa shape index (κ1) is 12.0. The molecule has 14 heavy (non-hydrogen) atoms. The molecule has 2 N–H and O–H groups in total. The molecule has 2 nitrogen and oxygen atoms in total. The lowest BCUT2D eigenvalue weighted by atomic mass is 9.86. The van der Waals surface area contributed by atoms with Crippen molar-refractivity contribution in [2.24, 2.45) is 0 Å². The average molecular weight is 199 g/mol. The van der Waals surface area contributed by atoms with E-state index in [1.165, 1.54) is 12.8 Å². The molecular weight excluding hydrogens is 174 g/mol. The molecule has 1 aliphatic rings. The third kappa shape index (κ3) is 3.58. The quantitative estimate of drug-likeness (QED) is 0.688. The summed E-state index contributed by atoms with van der Waals surface area (Å²) in [6.07, 6.45) is 7.56. The molecule has 1 atom stereocenters. The lowest BCUT2D eigenvalue weighted by molar-refractivity contribution is 0.00523. The van der Waals surface area contributed by atoms with Crippen LogP contribution < -0.4 is 5.32 Å². The summed E-state index contributed by atoms with van der Waals surface area (Å²) >= 11 is 0. The van der Waals surface area contributed by atoms with E-state index in [9.17, 15) is 5.11 Å². The molecule has 0 spiro atoms. The summed E-state index contributed by atoms with van der Waals surface area (Å²) in [5, 5.41) is 13.9. The Hall–Kier alpha value is -0.0800. The number of rotatable bonds is 6. The Morgan fingerprint density at radius 1 is 1.29 bits per heavy atom. The molecular formula is C12H25NO. The van der Waals surface area contributed by atoms with Gasteiger partial charge in [-0.15, -0.1) is 0 Å². The fourth-order valence-corrected chi connectivity index (χ4v) is 2.65. The van der Waals surface area contributed by atoms with Crippen molar-refractivity contribution in [3.63, 3.8) is 0 Å². The van der Waals surface area contributed by atoms with Crippen molar-refractivity contribution in [3.05, 3.63) is 0 Å². The summed E-state index contributed by atoms with van der Waals surface area (Å²) in [6.45, 7) is 5.45. The minimum atomic E-state index is -0.397. The van der Waals surface area contributed by atoms with Crippen molar-refractivity contribution in [1.82, 2.24) is 5.32 Å². The van der Waals surface area contributed by atoms with E-state index in [4.69, 9.17) is 0 Å². The number of aliphatic hydroxyl groups is 1. The highest BCUT2D eigenvalue weighted by Crippen LogP contribution is 2.27. The molecule has 0 aromatic carbocycles. The van der Waals surface area contributed by atoms with Crippen LogP contribution in [0.2, 0.25) is 0 Å². The molecule has 1 rings (SSSR count). The summed E-state index contributed by atoms with van der Waals surface area (Å²) in [5.41, 5.74) is -0.397. The lowest BCUT2D eigenvalue weighted by Crippen LogP contribution is -2.37. The van der Waals surface area contributed by atoms with E-state index in [0.717, 1.165) is 38.6 Å². The van der Waals surface area contributed by atoms with Crippen molar-refractivity contribution >= 4 is 0 Å². The van der Waals surface area contributed by atoms with Crippen LogP contribution in [0.3, 0.4) is 0 Å². The Morgan fingerprint density at radius 2 is 1.93 bits per heavy atom. The van der Waals surface area contributed by atoms with Crippen molar-refractivity contribution < 1.29 is 5.11 Å². The van der Waals surface area contributed by atoms with E-state index >= 15 is 0 Å². The molecule has 1 aliphatic heterocycles. The maximum Gasteiger partial charge on any atom is 0.0662 e. The Bertz CT molecular complexity index is 146. The van der Waals surface area contributed by atoms with Crippen LogP contribution in [0.15, 0.2) is 0 Å². The summed E-state index contributed by atoms with van der Waals surface area (Å²) in [5.74, 6) is 0. The van der Waals surface area contributed by atoms with Gasteiger partial charge < -0.3 is 10.4 Å². The van der Waals surface area contributed by atoms with Crippen molar-refractivity contribution in [3.8, 4) is 0 Å². The maximum atomic E-state index is 10.4. The van der Waals surface area contributed by atoms with E-state index in [2.05, 4.69) is 19.2 Å². The fourth-order valence-electron chi connectivity index (χ4n) is 2.65. The normalized spacial score (nSPS) is 22.9. The zero-order valence-corrected chi connectivity index (χ0v) is 9.68. The minimum Gasteiger partial charge on any atom is -0.390 e. The van der Waals surface area contributed by atoms with E-state index < -0.39 is 5.60 Å². The zero-order chi connectivity index (χ0) is 10.4. The molecule has 0 aliphatic carbocycles. The van der Waals surface area contributed by atoms with Crippen molar-refractivity contribution in [1.29, 1.82) is 0 Å². The fraction of sp³-hybridized carbons (Fsp3) is 1.00. The second-order valence-electron chi connectivity index (χ2n) is 4.72. The van der Waals surface area contributed by atoms with Gasteiger partial charge in [-0.25, -0.2) is 0 Å². The first-order valence-corrected chi connectivity index (χ1v) is 6.16. The summed E-state index contributed by atoms with van der Waals surface area (Å²) in [4.78, 5) is 0. The first-order valence-electron chi connectivity index (χ1n) is 6.16. The van der Waals surface area contributed by atoms with Gasteiger partial charge in [0.05, 0.1) is 5.60 Å². The number of hydrogen-bond donors (Lipinski definition) is 2. The molecule has 0 bridgehead atoms. The molecule has 1 saturated heterocycles. The Kier molecular flexibility index (Phi) is 4.90. The van der Waals surface area contributed by atoms with E-state index in [1.54, 1.807) is 0 Å². The minimum absolute atomic E-state index is 0.397. The summed E-state index contributed by atoms with van der Waals surface area (Å²) in [7, 11) is 0. The molecule has 84 valence electrons. The zero-order valence-electron chi connectivity index (χ0n) is 9.68. The highest BCUT2D eigenvalue weighted by molar-refractivity contribution is 4.86. The highest BCUT2D eigenvalue weighted by Gasteiger charge is 2.29. The second kappa shape index (κ2) is 5.72.